The number of fused-ring (bicyclic) bond motifs is 1. The van der Waals surface area contributed by atoms with Gasteiger partial charge in [-0.3, -0.25) is 4.98 Å². The van der Waals surface area contributed by atoms with Gasteiger partial charge in [-0.25, -0.2) is 4.40 Å². The van der Waals surface area contributed by atoms with E-state index < -0.39 is 0 Å². The number of hydrogen-bond donors (Lipinski definition) is 0. The van der Waals surface area contributed by atoms with E-state index in [4.69, 9.17) is 21.6 Å². The zero-order valence-corrected chi connectivity index (χ0v) is 15.0. The van der Waals surface area contributed by atoms with Crippen molar-refractivity contribution in [3.8, 4) is 23.3 Å². The molecule has 132 valence electrons. The molecule has 0 radical (unpaired) electrons. The van der Waals surface area contributed by atoms with Gasteiger partial charge in [0.1, 0.15) is 0 Å². The van der Waals surface area contributed by atoms with E-state index in [1.807, 2.05) is 36.4 Å². The molecular weight excluding hydrogens is 362 g/mol. The summed E-state index contributed by atoms with van der Waals surface area (Å²) in [6, 6.07) is 17.0. The first-order valence-electron chi connectivity index (χ1n) is 8.32. The van der Waals surface area contributed by atoms with Crippen LogP contribution in [0.15, 0.2) is 60.9 Å². The van der Waals surface area contributed by atoms with E-state index in [1.165, 1.54) is 0 Å². The van der Waals surface area contributed by atoms with Crippen LogP contribution in [-0.2, 0) is 6.42 Å². The fourth-order valence-corrected chi connectivity index (χ4v) is 3.00. The molecule has 0 bridgehead atoms. The summed E-state index contributed by atoms with van der Waals surface area (Å²) < 4.78 is 7.76. The average molecular weight is 376 g/mol. The lowest BCUT2D eigenvalue weighted by Gasteiger charge is -2.10. The third-order valence-corrected chi connectivity index (χ3v) is 4.50. The van der Waals surface area contributed by atoms with Crippen LogP contribution in [0.2, 0.25) is 5.02 Å². The summed E-state index contributed by atoms with van der Waals surface area (Å²) in [6.45, 7) is 0.440. The van der Waals surface area contributed by atoms with Crippen molar-refractivity contribution in [3.05, 3.63) is 77.1 Å². The molecular formula is C20H14ClN5O. The van der Waals surface area contributed by atoms with Crippen LogP contribution in [-0.4, -0.2) is 26.2 Å². The number of nitrogens with zero attached hydrogens (tertiary/aromatic N) is 5. The van der Waals surface area contributed by atoms with Gasteiger partial charge in [-0.05, 0) is 35.9 Å². The van der Waals surface area contributed by atoms with Crippen molar-refractivity contribution >= 4 is 17.2 Å². The van der Waals surface area contributed by atoms with E-state index in [9.17, 15) is 0 Å². The molecule has 2 heterocycles. The molecule has 0 unspecified atom stereocenters. The maximum Gasteiger partial charge on any atom is 0.220 e. The van der Waals surface area contributed by atoms with Crippen LogP contribution in [0.1, 0.15) is 11.1 Å². The summed E-state index contributed by atoms with van der Waals surface area (Å²) in [6.07, 6.45) is 3.93. The Morgan fingerprint density at radius 2 is 1.85 bits per heavy atom. The third-order valence-electron chi connectivity index (χ3n) is 4.13. The molecule has 4 aromatic rings. The second-order valence-electron chi connectivity index (χ2n) is 5.84. The lowest BCUT2D eigenvalue weighted by Crippen LogP contribution is -2.06. The molecule has 2 aromatic carbocycles. The summed E-state index contributed by atoms with van der Waals surface area (Å²) in [4.78, 5) is 4.17. The molecule has 4 rings (SSSR count). The molecule has 0 aliphatic heterocycles. The molecule has 0 saturated heterocycles. The first kappa shape index (κ1) is 17.0. The number of halogens is 1. The summed E-state index contributed by atoms with van der Waals surface area (Å²) in [5.74, 6) is 1.17. The van der Waals surface area contributed by atoms with Crippen molar-refractivity contribution in [3.63, 3.8) is 0 Å². The second kappa shape index (κ2) is 7.44. The van der Waals surface area contributed by atoms with Gasteiger partial charge in [0.05, 0.1) is 30.6 Å². The molecule has 0 amide bonds. The number of hydrogen-bond acceptors (Lipinski definition) is 5. The lowest BCUT2D eigenvalue weighted by atomic mass is 10.1. The molecule has 0 fully saturated rings. The van der Waals surface area contributed by atoms with E-state index in [0.29, 0.717) is 35.9 Å². The number of aromatic nitrogens is 4. The maximum absolute atomic E-state index is 8.96. The van der Waals surface area contributed by atoms with Crippen molar-refractivity contribution in [1.29, 1.82) is 5.26 Å². The highest BCUT2D eigenvalue weighted by Crippen LogP contribution is 2.23. The van der Waals surface area contributed by atoms with Crippen LogP contribution < -0.4 is 4.74 Å². The van der Waals surface area contributed by atoms with E-state index in [0.717, 1.165) is 16.1 Å². The quantitative estimate of drug-likeness (QED) is 0.528. The Labute approximate surface area is 160 Å². The smallest absolute Gasteiger partial charge is 0.220 e. The van der Waals surface area contributed by atoms with Gasteiger partial charge < -0.3 is 4.74 Å². The summed E-state index contributed by atoms with van der Waals surface area (Å²) >= 11 is 6.20. The molecule has 0 aliphatic carbocycles. The van der Waals surface area contributed by atoms with Crippen molar-refractivity contribution < 1.29 is 4.74 Å². The largest absolute Gasteiger partial charge is 0.477 e. The SMILES string of the molecule is N#Cc1ccc(-c2nnc3cncc(OCCc4ccccc4Cl)n23)cc1. The van der Waals surface area contributed by atoms with Crippen molar-refractivity contribution in [1.82, 2.24) is 19.6 Å². The monoisotopic (exact) mass is 375 g/mol. The Hall–Kier alpha value is -3.43. The molecule has 7 heteroatoms. The Morgan fingerprint density at radius 3 is 2.63 bits per heavy atom. The molecule has 0 saturated carbocycles. The molecule has 0 atom stereocenters. The zero-order chi connectivity index (χ0) is 18.6. The predicted octanol–water partition coefficient (Wildman–Crippen LogP) is 3.94. The van der Waals surface area contributed by atoms with Crippen LogP contribution in [0.5, 0.6) is 5.88 Å². The van der Waals surface area contributed by atoms with Gasteiger partial charge in [0.2, 0.25) is 5.88 Å². The van der Waals surface area contributed by atoms with Crippen LogP contribution in [0.3, 0.4) is 0 Å². The van der Waals surface area contributed by atoms with E-state index in [2.05, 4.69) is 21.3 Å². The first-order chi connectivity index (χ1) is 13.3. The van der Waals surface area contributed by atoms with E-state index in [1.54, 1.807) is 28.9 Å². The first-order valence-corrected chi connectivity index (χ1v) is 8.70. The third kappa shape index (κ3) is 3.46. The number of benzene rings is 2. The minimum absolute atomic E-state index is 0.440. The fourth-order valence-electron chi connectivity index (χ4n) is 2.77. The molecule has 6 nitrogen and oxygen atoms in total. The van der Waals surface area contributed by atoms with Gasteiger partial charge in [0, 0.05) is 17.0 Å². The molecule has 0 N–H and O–H groups in total. The minimum atomic E-state index is 0.440. The standard InChI is InChI=1S/C20H14ClN5O/c21-17-4-2-1-3-15(17)9-10-27-19-13-23-12-18-24-25-20(26(18)19)16-7-5-14(11-22)6-8-16/h1-8,12-13H,9-10H2. The highest BCUT2D eigenvalue weighted by Gasteiger charge is 2.13. The summed E-state index contributed by atoms with van der Waals surface area (Å²) in [7, 11) is 0. The topological polar surface area (TPSA) is 76.1 Å². The van der Waals surface area contributed by atoms with Crippen molar-refractivity contribution in [2.75, 3.05) is 6.61 Å². The minimum Gasteiger partial charge on any atom is -0.477 e. The van der Waals surface area contributed by atoms with Gasteiger partial charge in [-0.15, -0.1) is 10.2 Å². The van der Waals surface area contributed by atoms with Crippen LogP contribution >= 0.6 is 11.6 Å². The molecule has 0 spiro atoms. The van der Waals surface area contributed by atoms with Gasteiger partial charge in [0.15, 0.2) is 11.5 Å². The number of nitriles is 1. The number of ether oxygens (including phenoxy) is 1. The second-order valence-corrected chi connectivity index (χ2v) is 6.25. The van der Waals surface area contributed by atoms with Crippen LogP contribution in [0.4, 0.5) is 0 Å². The zero-order valence-electron chi connectivity index (χ0n) is 14.2. The normalized spacial score (nSPS) is 10.7. The highest BCUT2D eigenvalue weighted by molar-refractivity contribution is 6.31. The Balaban J connectivity index is 1.62. The van der Waals surface area contributed by atoms with E-state index in [-0.39, 0.29) is 0 Å². The van der Waals surface area contributed by atoms with E-state index >= 15 is 0 Å². The average Bonchev–Trinajstić information content (AvgIpc) is 3.14. The molecule has 2 aromatic heterocycles. The van der Waals surface area contributed by atoms with Gasteiger partial charge in [0.25, 0.3) is 0 Å². The van der Waals surface area contributed by atoms with Gasteiger partial charge in [-0.2, -0.15) is 5.26 Å². The highest BCUT2D eigenvalue weighted by atomic mass is 35.5. The maximum atomic E-state index is 8.96. The Bertz CT molecular complexity index is 1130. The van der Waals surface area contributed by atoms with Gasteiger partial charge >= 0.3 is 0 Å². The van der Waals surface area contributed by atoms with Crippen molar-refractivity contribution in [2.45, 2.75) is 6.42 Å². The molecule has 27 heavy (non-hydrogen) atoms. The van der Waals surface area contributed by atoms with Gasteiger partial charge in [-0.1, -0.05) is 29.8 Å². The summed E-state index contributed by atoms with van der Waals surface area (Å²) in [5.41, 5.74) is 3.04. The molecule has 0 aliphatic rings. The predicted molar refractivity (Wildman–Crippen MR) is 102 cm³/mol. The van der Waals surface area contributed by atoms with Crippen LogP contribution in [0, 0.1) is 11.3 Å². The Morgan fingerprint density at radius 1 is 1.04 bits per heavy atom. The van der Waals surface area contributed by atoms with Crippen LogP contribution in [0.25, 0.3) is 17.0 Å². The van der Waals surface area contributed by atoms with Crippen molar-refractivity contribution in [2.24, 2.45) is 0 Å². The number of rotatable bonds is 5. The summed E-state index contributed by atoms with van der Waals surface area (Å²) in [5, 5.41) is 18.1. The Kier molecular flexibility index (Phi) is 4.69. The fraction of sp³-hybridized carbons (Fsp3) is 0.100. The lowest BCUT2D eigenvalue weighted by molar-refractivity contribution is 0.304.